The number of carbonyl (C=O) groups is 1. The molecule has 0 aromatic carbocycles. The maximum atomic E-state index is 11.0. The van der Waals surface area contributed by atoms with Crippen molar-refractivity contribution >= 4 is 5.97 Å². The van der Waals surface area contributed by atoms with Gasteiger partial charge in [-0.1, -0.05) is 12.8 Å². The van der Waals surface area contributed by atoms with Crippen molar-refractivity contribution in [3.05, 3.63) is 0 Å². The van der Waals surface area contributed by atoms with E-state index in [9.17, 15) is 9.90 Å². The van der Waals surface area contributed by atoms with E-state index in [0.29, 0.717) is 26.1 Å². The van der Waals surface area contributed by atoms with Crippen molar-refractivity contribution in [2.45, 2.75) is 69.7 Å². The van der Waals surface area contributed by atoms with Gasteiger partial charge in [-0.15, -0.1) is 0 Å². The maximum absolute atomic E-state index is 11.0. The second-order valence-corrected chi connectivity index (χ2v) is 6.28. The van der Waals surface area contributed by atoms with Gasteiger partial charge in [0, 0.05) is 25.6 Å². The molecule has 0 aliphatic carbocycles. The highest BCUT2D eigenvalue weighted by atomic mass is 16.7. The number of hydrogen-bond acceptors (Lipinski definition) is 7. The lowest BCUT2D eigenvalue weighted by Gasteiger charge is -2.39. The summed E-state index contributed by atoms with van der Waals surface area (Å²) in [6.45, 7) is 3.19. The molecule has 0 aromatic heterocycles. The zero-order valence-electron chi connectivity index (χ0n) is 15.2. The van der Waals surface area contributed by atoms with Crippen LogP contribution in [0.4, 0.5) is 0 Å². The van der Waals surface area contributed by atoms with Gasteiger partial charge < -0.3 is 29.4 Å². The zero-order valence-corrected chi connectivity index (χ0v) is 15.2. The van der Waals surface area contributed by atoms with Gasteiger partial charge in [-0.25, -0.2) is 0 Å². The Morgan fingerprint density at radius 3 is 2.67 bits per heavy atom. The van der Waals surface area contributed by atoms with E-state index >= 15 is 0 Å². The number of piperidine rings is 1. The highest BCUT2D eigenvalue weighted by Gasteiger charge is 2.34. The predicted molar refractivity (Wildman–Crippen MR) is 89.7 cm³/mol. The first-order valence-electron chi connectivity index (χ1n) is 8.77. The summed E-state index contributed by atoms with van der Waals surface area (Å²) in [5.74, 6) is -0.150. The van der Waals surface area contributed by atoms with Crippen LogP contribution in [0.25, 0.3) is 0 Å². The lowest BCUT2D eigenvalue weighted by atomic mass is 9.91. The summed E-state index contributed by atoms with van der Waals surface area (Å²) in [5, 5.41) is 13.8. The van der Waals surface area contributed by atoms with Crippen molar-refractivity contribution in [2.75, 3.05) is 34.2 Å². The largest absolute Gasteiger partial charge is 0.469 e. The van der Waals surface area contributed by atoms with E-state index in [0.717, 1.165) is 25.7 Å². The van der Waals surface area contributed by atoms with Crippen LogP contribution in [0, 0.1) is 0 Å². The number of hydrogen-bond donors (Lipinski definition) is 2. The molecule has 0 radical (unpaired) electrons. The molecule has 1 rings (SSSR count). The number of aliphatic hydroxyl groups is 1. The molecule has 24 heavy (non-hydrogen) atoms. The molecule has 0 bridgehead atoms. The van der Waals surface area contributed by atoms with Gasteiger partial charge in [-0.2, -0.15) is 0 Å². The van der Waals surface area contributed by atoms with Crippen LogP contribution in [0.3, 0.4) is 0 Å². The number of aliphatic hydroxyl groups excluding tert-OH is 1. The predicted octanol–water partition coefficient (Wildman–Crippen LogP) is 1.23. The number of rotatable bonds is 12. The van der Waals surface area contributed by atoms with E-state index in [2.05, 4.69) is 10.1 Å². The van der Waals surface area contributed by atoms with Crippen LogP contribution in [0.2, 0.25) is 0 Å². The lowest BCUT2D eigenvalue weighted by Crippen LogP contribution is -2.56. The number of carbonyl (C=O) groups excluding carboxylic acids is 1. The van der Waals surface area contributed by atoms with Gasteiger partial charge in [0.15, 0.2) is 0 Å². The van der Waals surface area contributed by atoms with Crippen LogP contribution in [0.5, 0.6) is 0 Å². The summed E-state index contributed by atoms with van der Waals surface area (Å²) in [6.07, 6.45) is 4.25. The first-order valence-corrected chi connectivity index (χ1v) is 8.77. The van der Waals surface area contributed by atoms with Crippen LogP contribution < -0.4 is 5.32 Å². The first-order chi connectivity index (χ1) is 11.6. The monoisotopic (exact) mass is 347 g/mol. The number of unbranched alkanes of at least 4 members (excludes halogenated alkanes) is 2. The Kier molecular flexibility index (Phi) is 11.2. The molecular weight excluding hydrogens is 314 g/mol. The van der Waals surface area contributed by atoms with Crippen LogP contribution in [0.1, 0.15) is 45.4 Å². The normalized spacial score (nSPS) is 27.2. The molecule has 1 heterocycles. The molecular formula is C17H33NO6. The molecule has 7 heteroatoms. The number of methoxy groups -OCH3 is 2. The van der Waals surface area contributed by atoms with E-state index < -0.39 is 6.10 Å². The fourth-order valence-electron chi connectivity index (χ4n) is 3.02. The smallest absolute Gasteiger partial charge is 0.305 e. The highest BCUT2D eigenvalue weighted by Crippen LogP contribution is 2.21. The molecule has 1 aliphatic rings. The second-order valence-electron chi connectivity index (χ2n) is 6.28. The molecule has 1 fully saturated rings. The second kappa shape index (κ2) is 12.6. The third-order valence-electron chi connectivity index (χ3n) is 4.33. The average Bonchev–Trinajstić information content (AvgIpc) is 2.56. The Morgan fingerprint density at radius 2 is 2.00 bits per heavy atom. The van der Waals surface area contributed by atoms with Gasteiger partial charge in [-0.05, 0) is 26.2 Å². The first kappa shape index (κ1) is 21.3. The highest BCUT2D eigenvalue weighted by molar-refractivity contribution is 5.68. The minimum Gasteiger partial charge on any atom is -0.469 e. The fraction of sp³-hybridized carbons (Fsp3) is 0.941. The molecule has 4 atom stereocenters. The molecule has 7 nitrogen and oxygen atoms in total. The summed E-state index contributed by atoms with van der Waals surface area (Å²) < 4.78 is 20.5. The van der Waals surface area contributed by atoms with Crippen molar-refractivity contribution in [3.8, 4) is 0 Å². The van der Waals surface area contributed by atoms with Gasteiger partial charge in [0.1, 0.15) is 12.9 Å². The Morgan fingerprint density at radius 1 is 1.21 bits per heavy atom. The van der Waals surface area contributed by atoms with Crippen molar-refractivity contribution in [3.63, 3.8) is 0 Å². The van der Waals surface area contributed by atoms with Gasteiger partial charge in [0.05, 0.1) is 26.4 Å². The number of nitrogens with one attached hydrogen (secondary N) is 1. The summed E-state index contributed by atoms with van der Waals surface area (Å²) in [7, 11) is 3.04. The Labute approximate surface area is 145 Å². The van der Waals surface area contributed by atoms with Crippen LogP contribution >= 0.6 is 0 Å². The molecule has 1 aliphatic heterocycles. The van der Waals surface area contributed by atoms with Crippen molar-refractivity contribution in [1.82, 2.24) is 5.32 Å². The number of ether oxygens (including phenoxy) is 4. The summed E-state index contributed by atoms with van der Waals surface area (Å²) >= 11 is 0. The molecule has 0 amide bonds. The summed E-state index contributed by atoms with van der Waals surface area (Å²) in [4.78, 5) is 11.0. The minimum absolute atomic E-state index is 0.0693. The third kappa shape index (κ3) is 8.39. The molecule has 2 N–H and O–H groups in total. The Bertz CT molecular complexity index is 329. The van der Waals surface area contributed by atoms with Crippen molar-refractivity contribution < 1.29 is 28.8 Å². The van der Waals surface area contributed by atoms with E-state index in [1.165, 1.54) is 7.11 Å². The standard InChI is InChI=1S/C17H33NO6/c1-13-17(24-12-23-10-9-21-2)15(19)11-14(18-13)7-5-4-6-8-16(20)22-3/h13-15,17-19H,4-12H2,1-3H3/t13-,14+,15-,17+/m0/s1. The van der Waals surface area contributed by atoms with Crippen LogP contribution in [-0.2, 0) is 23.7 Å². The van der Waals surface area contributed by atoms with Crippen molar-refractivity contribution in [2.24, 2.45) is 0 Å². The van der Waals surface area contributed by atoms with Gasteiger partial charge in [0.2, 0.25) is 0 Å². The summed E-state index contributed by atoms with van der Waals surface area (Å²) in [6, 6.07) is 0.349. The van der Waals surface area contributed by atoms with Gasteiger partial charge >= 0.3 is 5.97 Å². The Hall–Kier alpha value is -0.730. The van der Waals surface area contributed by atoms with Crippen LogP contribution in [-0.4, -0.2) is 69.6 Å². The number of esters is 1. The Balaban J connectivity index is 2.16. The van der Waals surface area contributed by atoms with E-state index in [1.54, 1.807) is 7.11 Å². The minimum atomic E-state index is -0.493. The van der Waals surface area contributed by atoms with Crippen molar-refractivity contribution in [1.29, 1.82) is 0 Å². The van der Waals surface area contributed by atoms with Gasteiger partial charge in [-0.3, -0.25) is 4.79 Å². The topological polar surface area (TPSA) is 86.2 Å². The lowest BCUT2D eigenvalue weighted by molar-refractivity contribution is -0.150. The van der Waals surface area contributed by atoms with E-state index in [4.69, 9.17) is 14.2 Å². The molecule has 142 valence electrons. The molecule has 0 unspecified atom stereocenters. The fourth-order valence-corrected chi connectivity index (χ4v) is 3.02. The molecule has 0 aromatic rings. The van der Waals surface area contributed by atoms with E-state index in [1.807, 2.05) is 6.92 Å². The molecule has 1 saturated heterocycles. The molecule has 0 saturated carbocycles. The average molecular weight is 347 g/mol. The third-order valence-corrected chi connectivity index (χ3v) is 4.33. The quantitative estimate of drug-likeness (QED) is 0.312. The zero-order chi connectivity index (χ0) is 17.8. The maximum Gasteiger partial charge on any atom is 0.305 e. The van der Waals surface area contributed by atoms with Gasteiger partial charge in [0.25, 0.3) is 0 Å². The van der Waals surface area contributed by atoms with Crippen LogP contribution in [0.15, 0.2) is 0 Å². The SMILES string of the molecule is COCCOCO[C@@H]1[C@H](C)N[C@H](CCCCCC(=O)OC)C[C@@H]1O. The van der Waals surface area contributed by atoms with E-state index in [-0.39, 0.29) is 30.9 Å². The summed E-state index contributed by atoms with van der Waals surface area (Å²) in [5.41, 5.74) is 0. The molecule has 0 spiro atoms.